The van der Waals surface area contributed by atoms with Crippen LogP contribution in [-0.4, -0.2) is 56.1 Å². The van der Waals surface area contributed by atoms with Crippen molar-refractivity contribution < 1.29 is 18.1 Å². The average molecular weight is 379 g/mol. The van der Waals surface area contributed by atoms with Crippen LogP contribution in [-0.2, 0) is 14.6 Å². The molecule has 0 aromatic heterocycles. The number of hydrogen-bond acceptors (Lipinski definition) is 6. The van der Waals surface area contributed by atoms with Gasteiger partial charge in [0.1, 0.15) is 5.25 Å². The summed E-state index contributed by atoms with van der Waals surface area (Å²) in [5.41, 5.74) is 1.19. The Hall–Kier alpha value is -2.16. The quantitative estimate of drug-likeness (QED) is 0.447. The van der Waals surface area contributed by atoms with Crippen molar-refractivity contribution >= 4 is 27.6 Å². The maximum absolute atomic E-state index is 12.7. The van der Waals surface area contributed by atoms with Crippen molar-refractivity contribution in [3.05, 3.63) is 33.9 Å². The van der Waals surface area contributed by atoms with Crippen molar-refractivity contribution in [3.63, 3.8) is 0 Å². The molecule has 0 N–H and O–H groups in total. The Labute approximate surface area is 151 Å². The van der Waals surface area contributed by atoms with Crippen LogP contribution >= 0.6 is 0 Å². The third-order valence-corrected chi connectivity index (χ3v) is 7.96. The van der Waals surface area contributed by atoms with Crippen LogP contribution in [0.3, 0.4) is 0 Å². The second kappa shape index (κ2) is 6.22. The smallest absolute Gasteiger partial charge is 0.271 e. The Morgan fingerprint density at radius 1 is 1.23 bits per heavy atom. The molecule has 2 saturated heterocycles. The van der Waals surface area contributed by atoms with E-state index in [1.807, 2.05) is 0 Å². The van der Waals surface area contributed by atoms with Crippen LogP contribution in [0.4, 0.5) is 11.4 Å². The zero-order valence-corrected chi connectivity index (χ0v) is 15.1. The lowest BCUT2D eigenvalue weighted by atomic mass is 10.0. The van der Waals surface area contributed by atoms with Crippen LogP contribution in [0.5, 0.6) is 0 Å². The average Bonchev–Trinajstić information content (AvgIpc) is 3.24. The SMILES string of the molecule is O=CN1CCS(=O)(=O)C(c2ccc([N+](=O)[O-])cc2N2CC3CCC2C3)C1. The number of nitro groups is 1. The fourth-order valence-corrected chi connectivity index (χ4v) is 6.36. The third kappa shape index (κ3) is 2.84. The van der Waals surface area contributed by atoms with Gasteiger partial charge in [-0.25, -0.2) is 8.42 Å². The first-order valence-electron chi connectivity index (χ1n) is 8.85. The molecular weight excluding hydrogens is 358 g/mol. The zero-order valence-electron chi connectivity index (χ0n) is 14.3. The zero-order chi connectivity index (χ0) is 18.5. The minimum atomic E-state index is -3.41. The number of nitrogens with zero attached hydrogens (tertiary/aromatic N) is 3. The van der Waals surface area contributed by atoms with E-state index in [-0.39, 0.29) is 24.5 Å². The van der Waals surface area contributed by atoms with Crippen molar-refractivity contribution in [1.82, 2.24) is 4.90 Å². The van der Waals surface area contributed by atoms with E-state index in [1.165, 1.54) is 17.0 Å². The maximum Gasteiger partial charge on any atom is 0.271 e. The van der Waals surface area contributed by atoms with Gasteiger partial charge in [0.2, 0.25) is 6.41 Å². The Morgan fingerprint density at radius 3 is 2.65 bits per heavy atom. The number of amides is 1. The third-order valence-electron chi connectivity index (χ3n) is 5.94. The van der Waals surface area contributed by atoms with Crippen LogP contribution in [0.2, 0.25) is 0 Å². The molecule has 3 unspecified atom stereocenters. The fourth-order valence-electron chi connectivity index (χ4n) is 4.58. The Bertz CT molecular complexity index is 856. The summed E-state index contributed by atoms with van der Waals surface area (Å²) in [5, 5.41) is 10.4. The first-order chi connectivity index (χ1) is 12.4. The molecule has 0 spiro atoms. The van der Waals surface area contributed by atoms with E-state index in [0.717, 1.165) is 25.8 Å². The summed E-state index contributed by atoms with van der Waals surface area (Å²) in [7, 11) is -3.41. The van der Waals surface area contributed by atoms with Crippen LogP contribution < -0.4 is 4.90 Å². The summed E-state index contributed by atoms with van der Waals surface area (Å²) < 4.78 is 25.4. The van der Waals surface area contributed by atoms with Crippen molar-refractivity contribution in [2.45, 2.75) is 30.6 Å². The second-order valence-corrected chi connectivity index (χ2v) is 9.74. The van der Waals surface area contributed by atoms with Crippen LogP contribution in [0, 0.1) is 16.0 Å². The molecule has 2 heterocycles. The lowest BCUT2D eigenvalue weighted by Crippen LogP contribution is -2.42. The van der Waals surface area contributed by atoms with E-state index in [9.17, 15) is 23.3 Å². The van der Waals surface area contributed by atoms with Crippen LogP contribution in [0.15, 0.2) is 18.2 Å². The minimum absolute atomic E-state index is 0.0352. The Balaban J connectivity index is 1.79. The van der Waals surface area contributed by atoms with Crippen molar-refractivity contribution in [1.29, 1.82) is 0 Å². The molecule has 1 aliphatic carbocycles. The van der Waals surface area contributed by atoms with Crippen LogP contribution in [0.25, 0.3) is 0 Å². The van der Waals surface area contributed by atoms with Gasteiger partial charge in [0.05, 0.1) is 10.7 Å². The normalized spacial score (nSPS) is 29.8. The lowest BCUT2D eigenvalue weighted by Gasteiger charge is -2.35. The number of carbonyl (C=O) groups is 1. The van der Waals surface area contributed by atoms with Gasteiger partial charge in [-0.15, -0.1) is 0 Å². The molecule has 1 saturated carbocycles. The first-order valence-corrected chi connectivity index (χ1v) is 10.6. The van der Waals surface area contributed by atoms with Gasteiger partial charge >= 0.3 is 0 Å². The minimum Gasteiger partial charge on any atom is -0.368 e. The second-order valence-electron chi connectivity index (χ2n) is 7.44. The number of piperidine rings is 1. The Kier molecular flexibility index (Phi) is 4.13. The highest BCUT2D eigenvalue weighted by Crippen LogP contribution is 2.44. The molecule has 140 valence electrons. The standard InChI is InChI=1S/C17H21N3O5S/c21-11-18-5-6-26(24,25)17(10-18)15-4-3-14(20(22)23)8-16(15)19-9-12-1-2-13(19)7-12/h3-4,8,11-13,17H,1-2,5-7,9-10H2. The van der Waals surface area contributed by atoms with E-state index >= 15 is 0 Å². The molecule has 1 aromatic rings. The molecule has 8 nitrogen and oxygen atoms in total. The molecule has 9 heteroatoms. The van der Waals surface area contributed by atoms with E-state index < -0.39 is 20.0 Å². The predicted molar refractivity (Wildman–Crippen MR) is 95.7 cm³/mol. The monoisotopic (exact) mass is 379 g/mol. The molecule has 2 bridgehead atoms. The number of fused-ring (bicyclic) bond motifs is 2. The number of nitro benzene ring substituents is 1. The van der Waals surface area contributed by atoms with E-state index in [0.29, 0.717) is 29.6 Å². The van der Waals surface area contributed by atoms with E-state index in [4.69, 9.17) is 0 Å². The van der Waals surface area contributed by atoms with Crippen molar-refractivity contribution in [2.75, 3.05) is 30.3 Å². The molecule has 0 radical (unpaired) electrons. The van der Waals surface area contributed by atoms with E-state index in [2.05, 4.69) is 4.90 Å². The molecule has 1 amide bonds. The molecular formula is C17H21N3O5S. The largest absolute Gasteiger partial charge is 0.368 e. The molecule has 1 aromatic carbocycles. The van der Waals surface area contributed by atoms with Crippen molar-refractivity contribution in [2.24, 2.45) is 5.92 Å². The first kappa shape index (κ1) is 17.3. The highest BCUT2D eigenvalue weighted by Gasteiger charge is 2.42. The molecule has 3 fully saturated rings. The van der Waals surface area contributed by atoms with Gasteiger partial charge in [-0.05, 0) is 36.8 Å². The molecule has 2 aliphatic heterocycles. The topological polar surface area (TPSA) is 101 Å². The van der Waals surface area contributed by atoms with Crippen LogP contribution in [0.1, 0.15) is 30.1 Å². The van der Waals surface area contributed by atoms with Crippen molar-refractivity contribution in [3.8, 4) is 0 Å². The molecule has 3 atom stereocenters. The maximum atomic E-state index is 12.7. The van der Waals surface area contributed by atoms with Gasteiger partial charge in [-0.1, -0.05) is 0 Å². The Morgan fingerprint density at radius 2 is 2.04 bits per heavy atom. The predicted octanol–water partition coefficient (Wildman–Crippen LogP) is 1.51. The summed E-state index contributed by atoms with van der Waals surface area (Å²) in [6, 6.07) is 4.75. The summed E-state index contributed by atoms with van der Waals surface area (Å²) in [6.07, 6.45) is 3.92. The molecule has 3 aliphatic rings. The summed E-state index contributed by atoms with van der Waals surface area (Å²) in [5.74, 6) is 0.486. The number of carbonyl (C=O) groups excluding carboxylic acids is 1. The van der Waals surface area contributed by atoms with Gasteiger partial charge in [-0.2, -0.15) is 0 Å². The van der Waals surface area contributed by atoms with Gasteiger partial charge in [0, 0.05) is 43.5 Å². The lowest BCUT2D eigenvalue weighted by molar-refractivity contribution is -0.384. The number of benzene rings is 1. The van der Waals surface area contributed by atoms with E-state index in [1.54, 1.807) is 6.07 Å². The van der Waals surface area contributed by atoms with Gasteiger partial charge in [0.25, 0.3) is 5.69 Å². The number of non-ortho nitro benzene ring substituents is 1. The molecule has 4 rings (SSSR count). The van der Waals surface area contributed by atoms with Gasteiger partial charge in [-0.3, -0.25) is 14.9 Å². The number of sulfone groups is 1. The highest BCUT2D eigenvalue weighted by atomic mass is 32.2. The summed E-state index contributed by atoms with van der Waals surface area (Å²) in [4.78, 5) is 25.6. The highest BCUT2D eigenvalue weighted by molar-refractivity contribution is 7.91. The number of anilines is 1. The van der Waals surface area contributed by atoms with Gasteiger partial charge < -0.3 is 9.80 Å². The summed E-state index contributed by atoms with van der Waals surface area (Å²) >= 11 is 0. The van der Waals surface area contributed by atoms with Gasteiger partial charge in [0.15, 0.2) is 9.84 Å². The number of hydrogen-bond donors (Lipinski definition) is 0. The molecule has 26 heavy (non-hydrogen) atoms. The number of rotatable bonds is 4. The fraction of sp³-hybridized carbons (Fsp3) is 0.588. The summed E-state index contributed by atoms with van der Waals surface area (Å²) in [6.45, 7) is 1.10.